The topological polar surface area (TPSA) is 71.8 Å². The van der Waals surface area contributed by atoms with Gasteiger partial charge in [0.1, 0.15) is 0 Å². The van der Waals surface area contributed by atoms with Crippen LogP contribution in [0.5, 0.6) is 5.75 Å². The molecule has 1 aliphatic rings. The number of aromatic nitrogens is 3. The van der Waals surface area contributed by atoms with E-state index in [-0.39, 0.29) is 12.5 Å². The van der Waals surface area contributed by atoms with Gasteiger partial charge in [-0.2, -0.15) is 0 Å². The number of rotatable bonds is 4. The van der Waals surface area contributed by atoms with Crippen molar-refractivity contribution in [2.45, 2.75) is 19.9 Å². The summed E-state index contributed by atoms with van der Waals surface area (Å²) in [6.45, 7) is 3.74. The number of nitrogens with one attached hydrogen (secondary N) is 1. The number of imidazole rings is 1. The number of carbonyl (C=O) groups excluding carboxylic acids is 1. The standard InChI is InChI=1S/C17H19N5O2S/c1-11-8-22-6-3-4-13(16(22)18-11)24-10-15(23)20-17-19-12-5-7-21(2)9-14(12)25-17/h3-4,6,8H,5,7,9-10H2,1-2H3,(H,19,20,23). The van der Waals surface area contributed by atoms with E-state index in [1.807, 2.05) is 35.9 Å². The van der Waals surface area contributed by atoms with E-state index in [2.05, 4.69) is 27.2 Å². The maximum atomic E-state index is 12.2. The second-order valence-corrected chi connectivity index (χ2v) is 7.28. The lowest BCUT2D eigenvalue weighted by atomic mass is 10.2. The molecule has 0 aromatic carbocycles. The number of hydrogen-bond acceptors (Lipinski definition) is 6. The van der Waals surface area contributed by atoms with E-state index in [4.69, 9.17) is 4.74 Å². The van der Waals surface area contributed by atoms with Crippen LogP contribution < -0.4 is 10.1 Å². The van der Waals surface area contributed by atoms with Gasteiger partial charge in [-0.05, 0) is 26.1 Å². The zero-order chi connectivity index (χ0) is 17.4. The highest BCUT2D eigenvalue weighted by molar-refractivity contribution is 7.15. The first-order valence-corrected chi connectivity index (χ1v) is 8.94. The third kappa shape index (κ3) is 3.35. The molecule has 8 heteroatoms. The first-order chi connectivity index (χ1) is 12.1. The fourth-order valence-electron chi connectivity index (χ4n) is 2.90. The van der Waals surface area contributed by atoms with Gasteiger partial charge in [-0.25, -0.2) is 9.97 Å². The Labute approximate surface area is 149 Å². The van der Waals surface area contributed by atoms with Crippen LogP contribution in [0.25, 0.3) is 5.65 Å². The smallest absolute Gasteiger partial charge is 0.264 e. The molecule has 0 saturated carbocycles. The van der Waals surface area contributed by atoms with Gasteiger partial charge in [0, 0.05) is 36.8 Å². The first-order valence-electron chi connectivity index (χ1n) is 8.12. The van der Waals surface area contributed by atoms with E-state index in [1.54, 1.807) is 0 Å². The van der Waals surface area contributed by atoms with Gasteiger partial charge in [0.2, 0.25) is 0 Å². The summed E-state index contributed by atoms with van der Waals surface area (Å²) in [5.74, 6) is 0.371. The van der Waals surface area contributed by atoms with E-state index >= 15 is 0 Å². The van der Waals surface area contributed by atoms with E-state index in [9.17, 15) is 4.79 Å². The molecule has 130 valence electrons. The van der Waals surface area contributed by atoms with Gasteiger partial charge >= 0.3 is 0 Å². The molecular weight excluding hydrogens is 338 g/mol. The molecule has 4 heterocycles. The van der Waals surface area contributed by atoms with Crippen LogP contribution in [0.1, 0.15) is 16.3 Å². The number of thiazole rings is 1. The van der Waals surface area contributed by atoms with Crippen LogP contribution in [0.3, 0.4) is 0 Å². The lowest BCUT2D eigenvalue weighted by molar-refractivity contribution is -0.118. The highest BCUT2D eigenvalue weighted by Crippen LogP contribution is 2.27. The number of amides is 1. The Bertz CT molecular complexity index is 932. The Hall–Kier alpha value is -2.45. The molecule has 0 saturated heterocycles. The van der Waals surface area contributed by atoms with Crippen LogP contribution in [-0.2, 0) is 17.8 Å². The van der Waals surface area contributed by atoms with Crippen LogP contribution in [0.2, 0.25) is 0 Å². The summed E-state index contributed by atoms with van der Waals surface area (Å²) >= 11 is 1.54. The minimum absolute atomic E-state index is 0.0737. The molecule has 4 rings (SSSR count). The molecule has 0 atom stereocenters. The minimum Gasteiger partial charge on any atom is -0.480 e. The van der Waals surface area contributed by atoms with Gasteiger partial charge in [0.25, 0.3) is 5.91 Å². The van der Waals surface area contributed by atoms with Crippen molar-refractivity contribution in [1.29, 1.82) is 0 Å². The molecule has 3 aromatic heterocycles. The van der Waals surface area contributed by atoms with E-state index in [0.717, 1.165) is 30.9 Å². The largest absolute Gasteiger partial charge is 0.480 e. The quantitative estimate of drug-likeness (QED) is 0.774. The molecule has 7 nitrogen and oxygen atoms in total. The van der Waals surface area contributed by atoms with Crippen molar-refractivity contribution in [2.75, 3.05) is 25.5 Å². The Morgan fingerprint density at radius 3 is 3.20 bits per heavy atom. The maximum Gasteiger partial charge on any atom is 0.264 e. The zero-order valence-corrected chi connectivity index (χ0v) is 15.0. The second-order valence-electron chi connectivity index (χ2n) is 6.20. The van der Waals surface area contributed by atoms with Gasteiger partial charge in [0.05, 0.1) is 11.4 Å². The second kappa shape index (κ2) is 6.45. The van der Waals surface area contributed by atoms with Crippen LogP contribution >= 0.6 is 11.3 Å². The van der Waals surface area contributed by atoms with Crippen LogP contribution in [0.15, 0.2) is 24.5 Å². The number of nitrogens with zero attached hydrogens (tertiary/aromatic N) is 4. The Balaban J connectivity index is 1.41. The van der Waals surface area contributed by atoms with Crippen molar-refractivity contribution >= 4 is 28.0 Å². The summed E-state index contributed by atoms with van der Waals surface area (Å²) in [6.07, 6.45) is 4.74. The monoisotopic (exact) mass is 357 g/mol. The van der Waals surface area contributed by atoms with Crippen LogP contribution in [0.4, 0.5) is 5.13 Å². The normalized spacial score (nSPS) is 14.5. The zero-order valence-electron chi connectivity index (χ0n) is 14.2. The minimum atomic E-state index is -0.218. The molecule has 1 aliphatic heterocycles. The lowest BCUT2D eigenvalue weighted by Crippen LogP contribution is -2.25. The number of likely N-dealkylation sites (N-methyl/N-ethyl adjacent to an activating group) is 1. The Morgan fingerprint density at radius 1 is 1.44 bits per heavy atom. The van der Waals surface area contributed by atoms with E-state index in [1.165, 1.54) is 16.2 Å². The number of hydrogen-bond donors (Lipinski definition) is 1. The van der Waals surface area contributed by atoms with Gasteiger partial charge < -0.3 is 14.0 Å². The summed E-state index contributed by atoms with van der Waals surface area (Å²) in [7, 11) is 2.09. The third-order valence-corrected chi connectivity index (χ3v) is 5.09. The van der Waals surface area contributed by atoms with E-state index in [0.29, 0.717) is 16.5 Å². The van der Waals surface area contributed by atoms with Crippen LogP contribution in [0, 0.1) is 6.92 Å². The molecule has 0 aliphatic carbocycles. The number of carbonyl (C=O) groups is 1. The number of fused-ring (bicyclic) bond motifs is 2. The molecule has 0 fully saturated rings. The highest BCUT2D eigenvalue weighted by atomic mass is 32.1. The van der Waals surface area contributed by atoms with Crippen molar-refractivity contribution in [1.82, 2.24) is 19.3 Å². The number of anilines is 1. The maximum absolute atomic E-state index is 12.2. The molecule has 0 radical (unpaired) electrons. The summed E-state index contributed by atoms with van der Waals surface area (Å²) in [4.78, 5) is 24.6. The number of pyridine rings is 1. The predicted octanol–water partition coefficient (Wildman–Crippen LogP) is 2.10. The van der Waals surface area contributed by atoms with Crippen molar-refractivity contribution in [2.24, 2.45) is 0 Å². The summed E-state index contributed by atoms with van der Waals surface area (Å²) in [6, 6.07) is 3.68. The molecule has 0 spiro atoms. The molecule has 1 amide bonds. The number of ether oxygens (including phenoxy) is 1. The van der Waals surface area contributed by atoms with Crippen molar-refractivity contribution in [3.63, 3.8) is 0 Å². The summed E-state index contributed by atoms with van der Waals surface area (Å²) in [5, 5.41) is 3.48. The molecule has 3 aromatic rings. The molecule has 25 heavy (non-hydrogen) atoms. The summed E-state index contributed by atoms with van der Waals surface area (Å²) < 4.78 is 7.54. The average molecular weight is 357 g/mol. The highest BCUT2D eigenvalue weighted by Gasteiger charge is 2.19. The molecule has 1 N–H and O–H groups in total. The van der Waals surface area contributed by atoms with Gasteiger partial charge in [-0.1, -0.05) is 0 Å². The van der Waals surface area contributed by atoms with Crippen molar-refractivity contribution < 1.29 is 9.53 Å². The summed E-state index contributed by atoms with van der Waals surface area (Å²) in [5.41, 5.74) is 2.70. The predicted molar refractivity (Wildman–Crippen MR) is 96.2 cm³/mol. The van der Waals surface area contributed by atoms with Gasteiger partial charge in [-0.15, -0.1) is 11.3 Å². The lowest BCUT2D eigenvalue weighted by Gasteiger charge is -2.20. The fourth-order valence-corrected chi connectivity index (χ4v) is 4.00. The SMILES string of the molecule is Cc1cn2cccc(OCC(=O)Nc3nc4c(s3)CN(C)CC4)c2n1. The van der Waals surface area contributed by atoms with Crippen molar-refractivity contribution in [3.8, 4) is 5.75 Å². The van der Waals surface area contributed by atoms with E-state index < -0.39 is 0 Å². The molecule has 0 bridgehead atoms. The van der Waals surface area contributed by atoms with Crippen LogP contribution in [-0.4, -0.2) is 45.4 Å². The Kier molecular flexibility index (Phi) is 4.14. The van der Waals surface area contributed by atoms with Gasteiger partial charge in [-0.3, -0.25) is 10.1 Å². The average Bonchev–Trinajstić information content (AvgIpc) is 3.14. The fraction of sp³-hybridized carbons (Fsp3) is 0.353. The molecule has 0 unspecified atom stereocenters. The van der Waals surface area contributed by atoms with Crippen molar-refractivity contribution in [3.05, 3.63) is 40.8 Å². The third-order valence-electron chi connectivity index (χ3n) is 4.09. The van der Waals surface area contributed by atoms with Gasteiger partial charge in [0.15, 0.2) is 23.1 Å². The first kappa shape index (κ1) is 16.0. The Morgan fingerprint density at radius 2 is 2.32 bits per heavy atom. The number of aryl methyl sites for hydroxylation is 1. The molecular formula is C17H19N5O2S.